The second-order valence-corrected chi connectivity index (χ2v) is 6.62. The largest absolute Gasteiger partial charge is 0.465 e. The second-order valence-electron chi connectivity index (χ2n) is 3.44. The first kappa shape index (κ1) is 14.5. The zero-order valence-corrected chi connectivity index (χ0v) is 12.5. The van der Waals surface area contributed by atoms with E-state index < -0.39 is 15.8 Å². The molecule has 0 aliphatic rings. The van der Waals surface area contributed by atoms with Crippen LogP contribution in [0.3, 0.4) is 0 Å². The van der Waals surface area contributed by atoms with Crippen molar-refractivity contribution in [2.75, 3.05) is 13.4 Å². The molecule has 7 heteroatoms. The zero-order chi connectivity index (χ0) is 13.4. The molecule has 1 aromatic carbocycles. The summed E-state index contributed by atoms with van der Waals surface area (Å²) in [4.78, 5) is 11.5. The molecule has 0 N–H and O–H groups in total. The quantitative estimate of drug-likeness (QED) is 0.776. The Balaban J connectivity index is 3.65. The van der Waals surface area contributed by atoms with Crippen LogP contribution in [0.25, 0.3) is 0 Å². The number of hydrogen-bond donors (Lipinski definition) is 0. The number of sulfone groups is 1. The highest BCUT2D eigenvalue weighted by Gasteiger charge is 2.23. The number of hydrogen-bond acceptors (Lipinski definition) is 4. The zero-order valence-electron chi connectivity index (χ0n) is 9.37. The number of halogens is 2. The van der Waals surface area contributed by atoms with E-state index in [0.717, 1.165) is 6.26 Å². The maximum Gasteiger partial charge on any atom is 0.339 e. The van der Waals surface area contributed by atoms with Crippen molar-refractivity contribution in [2.24, 2.45) is 0 Å². The minimum atomic E-state index is -3.42. The molecule has 0 heterocycles. The molecule has 1 aromatic rings. The minimum Gasteiger partial charge on any atom is -0.465 e. The Morgan fingerprint density at radius 3 is 2.41 bits per heavy atom. The van der Waals surface area contributed by atoms with E-state index in [1.807, 2.05) is 0 Å². The molecular formula is C10H10BrClO4S. The summed E-state index contributed by atoms with van der Waals surface area (Å²) in [5, 5.41) is 0.0838. The lowest BCUT2D eigenvalue weighted by atomic mass is 10.1. The summed E-state index contributed by atoms with van der Waals surface area (Å²) < 4.78 is 28.0. The van der Waals surface area contributed by atoms with Crippen LogP contribution in [0.15, 0.2) is 15.4 Å². The molecule has 0 bridgehead atoms. The molecule has 0 aliphatic heterocycles. The minimum absolute atomic E-state index is 0.0788. The molecule has 0 amide bonds. The van der Waals surface area contributed by atoms with Crippen molar-refractivity contribution in [1.29, 1.82) is 0 Å². The molecule has 0 unspecified atom stereocenters. The van der Waals surface area contributed by atoms with Gasteiger partial charge in [0, 0.05) is 10.7 Å². The third kappa shape index (κ3) is 2.81. The first-order chi connectivity index (χ1) is 7.70. The van der Waals surface area contributed by atoms with Crippen LogP contribution in [-0.4, -0.2) is 27.8 Å². The van der Waals surface area contributed by atoms with Gasteiger partial charge in [-0.3, -0.25) is 0 Å². The van der Waals surface area contributed by atoms with E-state index in [-0.39, 0.29) is 15.5 Å². The predicted molar refractivity (Wildman–Crippen MR) is 68.3 cm³/mol. The van der Waals surface area contributed by atoms with Gasteiger partial charge >= 0.3 is 5.97 Å². The highest BCUT2D eigenvalue weighted by Crippen LogP contribution is 2.33. The van der Waals surface area contributed by atoms with Gasteiger partial charge in [-0.05, 0) is 34.5 Å². The molecule has 0 aliphatic carbocycles. The summed E-state index contributed by atoms with van der Waals surface area (Å²) in [6.45, 7) is 1.54. The Morgan fingerprint density at radius 2 is 2.00 bits per heavy atom. The number of rotatable bonds is 2. The summed E-state index contributed by atoms with van der Waals surface area (Å²) in [7, 11) is -2.19. The highest BCUT2D eigenvalue weighted by atomic mass is 79.9. The summed E-state index contributed by atoms with van der Waals surface area (Å²) in [6, 6.07) is 1.34. The van der Waals surface area contributed by atoms with E-state index >= 15 is 0 Å². The van der Waals surface area contributed by atoms with Crippen LogP contribution >= 0.6 is 27.5 Å². The van der Waals surface area contributed by atoms with E-state index in [0.29, 0.717) is 10.0 Å². The van der Waals surface area contributed by atoms with E-state index in [2.05, 4.69) is 20.7 Å². The first-order valence-corrected chi connectivity index (χ1v) is 7.53. The fraction of sp³-hybridized carbons (Fsp3) is 0.300. The van der Waals surface area contributed by atoms with E-state index in [4.69, 9.17) is 11.6 Å². The third-order valence-electron chi connectivity index (χ3n) is 2.17. The fourth-order valence-corrected chi connectivity index (χ4v) is 4.21. The van der Waals surface area contributed by atoms with Crippen LogP contribution in [0.1, 0.15) is 15.9 Å². The topological polar surface area (TPSA) is 60.4 Å². The molecular weight excluding hydrogens is 332 g/mol. The molecule has 0 saturated heterocycles. The van der Waals surface area contributed by atoms with Crippen molar-refractivity contribution in [3.8, 4) is 0 Å². The Morgan fingerprint density at radius 1 is 1.47 bits per heavy atom. The number of methoxy groups -OCH3 is 1. The highest BCUT2D eigenvalue weighted by molar-refractivity contribution is 9.10. The fourth-order valence-electron chi connectivity index (χ4n) is 1.45. The Kier molecular flexibility index (Phi) is 4.22. The standard InChI is InChI=1S/C10H10BrClO4S/c1-5-8(12)6(10(13)16-2)4-7(11)9(5)17(3,14)15/h4H,1-3H3. The predicted octanol–water partition coefficient (Wildman–Crippen LogP) is 2.60. The molecule has 0 spiro atoms. The van der Waals surface area contributed by atoms with Gasteiger partial charge in [-0.1, -0.05) is 11.6 Å². The average Bonchev–Trinajstić information content (AvgIpc) is 2.20. The first-order valence-electron chi connectivity index (χ1n) is 4.47. The molecule has 0 aromatic heterocycles. The Hall–Kier alpha value is -0.590. The normalized spacial score (nSPS) is 11.4. The maximum absolute atomic E-state index is 11.6. The van der Waals surface area contributed by atoms with Crippen LogP contribution in [0.5, 0.6) is 0 Å². The molecule has 1 rings (SSSR count). The van der Waals surface area contributed by atoms with Gasteiger partial charge in [0.15, 0.2) is 9.84 Å². The lowest BCUT2D eigenvalue weighted by Gasteiger charge is -2.11. The van der Waals surface area contributed by atoms with Gasteiger partial charge in [0.2, 0.25) is 0 Å². The van der Waals surface area contributed by atoms with Crippen molar-refractivity contribution in [1.82, 2.24) is 0 Å². The Labute approximate surface area is 113 Å². The van der Waals surface area contributed by atoms with Crippen LogP contribution in [0.4, 0.5) is 0 Å². The number of ether oxygens (including phenoxy) is 1. The van der Waals surface area contributed by atoms with E-state index in [9.17, 15) is 13.2 Å². The lowest BCUT2D eigenvalue weighted by molar-refractivity contribution is 0.0600. The molecule has 94 valence electrons. The van der Waals surface area contributed by atoms with Crippen LogP contribution in [-0.2, 0) is 14.6 Å². The summed E-state index contributed by atoms with van der Waals surface area (Å²) in [5.74, 6) is -0.612. The number of carbonyl (C=O) groups excluding carboxylic acids is 1. The van der Waals surface area contributed by atoms with Crippen molar-refractivity contribution < 1.29 is 17.9 Å². The molecule has 0 radical (unpaired) electrons. The molecule has 0 saturated carbocycles. The van der Waals surface area contributed by atoms with Gasteiger partial charge in [-0.15, -0.1) is 0 Å². The number of carbonyl (C=O) groups is 1. The SMILES string of the molecule is COC(=O)c1cc(Br)c(S(C)(=O)=O)c(C)c1Cl. The number of benzene rings is 1. The van der Waals surface area contributed by atoms with Gasteiger partial charge < -0.3 is 4.74 Å². The summed E-state index contributed by atoms with van der Waals surface area (Å²) in [5.41, 5.74) is 0.454. The van der Waals surface area contributed by atoms with Gasteiger partial charge in [0.25, 0.3) is 0 Å². The van der Waals surface area contributed by atoms with Crippen LogP contribution in [0, 0.1) is 6.92 Å². The smallest absolute Gasteiger partial charge is 0.339 e. The maximum atomic E-state index is 11.6. The average molecular weight is 342 g/mol. The van der Waals surface area contributed by atoms with Gasteiger partial charge in [-0.2, -0.15) is 0 Å². The second kappa shape index (κ2) is 4.96. The van der Waals surface area contributed by atoms with Gasteiger partial charge in [0.05, 0.1) is 22.6 Å². The summed E-state index contributed by atoms with van der Waals surface area (Å²) >= 11 is 9.08. The van der Waals surface area contributed by atoms with Crippen LogP contribution < -0.4 is 0 Å². The monoisotopic (exact) mass is 340 g/mol. The molecule has 0 fully saturated rings. The Bertz CT molecular complexity index is 580. The number of esters is 1. The van der Waals surface area contributed by atoms with Crippen molar-refractivity contribution in [3.05, 3.63) is 26.7 Å². The third-order valence-corrected chi connectivity index (χ3v) is 4.81. The lowest BCUT2D eigenvalue weighted by Crippen LogP contribution is -2.08. The van der Waals surface area contributed by atoms with E-state index in [1.165, 1.54) is 20.1 Å². The van der Waals surface area contributed by atoms with Crippen molar-refractivity contribution in [3.63, 3.8) is 0 Å². The van der Waals surface area contributed by atoms with Crippen molar-refractivity contribution >= 4 is 43.3 Å². The van der Waals surface area contributed by atoms with E-state index in [1.54, 1.807) is 0 Å². The van der Waals surface area contributed by atoms with Gasteiger partial charge in [-0.25, -0.2) is 13.2 Å². The van der Waals surface area contributed by atoms with Gasteiger partial charge in [0.1, 0.15) is 0 Å². The van der Waals surface area contributed by atoms with Crippen molar-refractivity contribution in [2.45, 2.75) is 11.8 Å². The molecule has 0 atom stereocenters. The van der Waals surface area contributed by atoms with Crippen LogP contribution in [0.2, 0.25) is 5.02 Å². The molecule has 4 nitrogen and oxygen atoms in total. The summed E-state index contributed by atoms with van der Waals surface area (Å²) in [6.07, 6.45) is 1.08. The molecule has 17 heavy (non-hydrogen) atoms.